The summed E-state index contributed by atoms with van der Waals surface area (Å²) in [4.78, 5) is 11.8. The second-order valence-electron chi connectivity index (χ2n) is 5.36. The molecule has 0 aliphatic rings. The Bertz CT molecular complexity index is 439. The van der Waals surface area contributed by atoms with Crippen molar-refractivity contribution in [3.63, 3.8) is 0 Å². The van der Waals surface area contributed by atoms with Crippen LogP contribution in [-0.4, -0.2) is 24.6 Å². The van der Waals surface area contributed by atoms with Gasteiger partial charge in [0, 0.05) is 12.1 Å². The van der Waals surface area contributed by atoms with Crippen molar-refractivity contribution in [1.29, 1.82) is 0 Å². The Hall–Kier alpha value is -1.26. The van der Waals surface area contributed by atoms with Crippen LogP contribution in [0.25, 0.3) is 0 Å². The van der Waals surface area contributed by atoms with Crippen molar-refractivity contribution in [2.75, 3.05) is 13.2 Å². The summed E-state index contributed by atoms with van der Waals surface area (Å²) >= 11 is 0. The minimum atomic E-state index is -0.325. The van der Waals surface area contributed by atoms with E-state index in [1.54, 1.807) is 0 Å². The topological polar surface area (TPSA) is 64.3 Å². The number of carbonyl (C=O) groups is 1. The van der Waals surface area contributed by atoms with Gasteiger partial charge in [0.1, 0.15) is 5.75 Å². The first-order chi connectivity index (χ1) is 9.41. The maximum Gasteiger partial charge on any atom is 0.258 e. The molecule has 0 radical (unpaired) electrons. The largest absolute Gasteiger partial charge is 0.483 e. The molecule has 0 atom stereocenters. The summed E-state index contributed by atoms with van der Waals surface area (Å²) in [5.74, 6) is 0.650. The quantitative estimate of drug-likeness (QED) is 0.813. The standard InChI is InChI=1S/C16H26N2O2.ClH/c1-5-16(17,6-2)11-18-14(19)10-20-15-12(3)8-7-9-13(15)4;/h7-9H,5-6,10-11,17H2,1-4H3,(H,18,19);1H. The normalized spacial score (nSPS) is 10.7. The molecule has 0 bridgehead atoms. The fourth-order valence-electron chi connectivity index (χ4n) is 1.99. The first kappa shape index (κ1) is 19.7. The minimum Gasteiger partial charge on any atom is -0.483 e. The molecule has 1 amide bonds. The number of ether oxygens (including phenoxy) is 1. The van der Waals surface area contributed by atoms with E-state index in [4.69, 9.17) is 10.5 Å². The molecular weight excluding hydrogens is 288 g/mol. The van der Waals surface area contributed by atoms with E-state index in [2.05, 4.69) is 5.32 Å². The van der Waals surface area contributed by atoms with Crippen molar-refractivity contribution in [3.05, 3.63) is 29.3 Å². The van der Waals surface area contributed by atoms with Gasteiger partial charge in [-0.05, 0) is 37.8 Å². The predicted octanol–water partition coefficient (Wildman–Crippen LogP) is 2.74. The molecule has 4 nitrogen and oxygen atoms in total. The smallest absolute Gasteiger partial charge is 0.258 e. The molecule has 0 heterocycles. The minimum absolute atomic E-state index is 0. The Morgan fingerprint density at radius 1 is 1.24 bits per heavy atom. The molecule has 0 aliphatic carbocycles. The van der Waals surface area contributed by atoms with Crippen LogP contribution in [-0.2, 0) is 4.79 Å². The van der Waals surface area contributed by atoms with Crippen LogP contribution in [0.4, 0.5) is 0 Å². The highest BCUT2D eigenvalue weighted by atomic mass is 35.5. The van der Waals surface area contributed by atoms with Gasteiger partial charge in [-0.1, -0.05) is 32.0 Å². The number of para-hydroxylation sites is 1. The first-order valence-electron chi connectivity index (χ1n) is 7.16. The van der Waals surface area contributed by atoms with Gasteiger partial charge in [0.15, 0.2) is 6.61 Å². The average molecular weight is 315 g/mol. The summed E-state index contributed by atoms with van der Waals surface area (Å²) in [6.45, 7) is 8.51. The van der Waals surface area contributed by atoms with Crippen LogP contribution >= 0.6 is 12.4 Å². The lowest BCUT2D eigenvalue weighted by Crippen LogP contribution is -2.50. The van der Waals surface area contributed by atoms with E-state index in [1.165, 1.54) is 0 Å². The number of hydrogen-bond acceptors (Lipinski definition) is 3. The molecule has 0 fully saturated rings. The maximum absolute atomic E-state index is 11.8. The van der Waals surface area contributed by atoms with E-state index >= 15 is 0 Å². The molecule has 0 spiro atoms. The highest BCUT2D eigenvalue weighted by molar-refractivity contribution is 5.85. The van der Waals surface area contributed by atoms with Crippen LogP contribution in [0.3, 0.4) is 0 Å². The van der Waals surface area contributed by atoms with Gasteiger partial charge in [-0.25, -0.2) is 0 Å². The summed E-state index contributed by atoms with van der Waals surface area (Å²) in [7, 11) is 0. The van der Waals surface area contributed by atoms with Gasteiger partial charge in [0.2, 0.25) is 0 Å². The molecule has 1 aromatic rings. The Balaban J connectivity index is 0.00000400. The van der Waals surface area contributed by atoms with Gasteiger partial charge in [-0.2, -0.15) is 0 Å². The van der Waals surface area contributed by atoms with Crippen LogP contribution in [0.5, 0.6) is 5.75 Å². The van der Waals surface area contributed by atoms with E-state index in [9.17, 15) is 4.79 Å². The first-order valence-corrected chi connectivity index (χ1v) is 7.16. The zero-order valence-corrected chi connectivity index (χ0v) is 14.2. The second-order valence-corrected chi connectivity index (χ2v) is 5.36. The molecule has 0 saturated heterocycles. The number of halogens is 1. The van der Waals surface area contributed by atoms with Crippen LogP contribution in [0.15, 0.2) is 18.2 Å². The lowest BCUT2D eigenvalue weighted by molar-refractivity contribution is -0.123. The summed E-state index contributed by atoms with van der Waals surface area (Å²) in [6.07, 6.45) is 1.67. The highest BCUT2D eigenvalue weighted by Crippen LogP contribution is 2.22. The van der Waals surface area contributed by atoms with Crippen LogP contribution in [0, 0.1) is 13.8 Å². The van der Waals surface area contributed by atoms with Crippen molar-refractivity contribution < 1.29 is 9.53 Å². The molecule has 120 valence electrons. The highest BCUT2D eigenvalue weighted by Gasteiger charge is 2.20. The molecule has 0 saturated carbocycles. The SMILES string of the molecule is CCC(N)(CC)CNC(=O)COc1c(C)cccc1C.Cl. The van der Waals surface area contributed by atoms with Gasteiger partial charge >= 0.3 is 0 Å². The Labute approximate surface area is 133 Å². The third-order valence-electron chi connectivity index (χ3n) is 3.80. The van der Waals surface area contributed by atoms with Crippen molar-refractivity contribution in [2.24, 2.45) is 5.73 Å². The Kier molecular flexibility index (Phi) is 8.37. The Morgan fingerprint density at radius 3 is 2.24 bits per heavy atom. The van der Waals surface area contributed by atoms with Gasteiger partial charge in [0.25, 0.3) is 5.91 Å². The lowest BCUT2D eigenvalue weighted by Gasteiger charge is -2.26. The molecule has 1 rings (SSSR count). The predicted molar refractivity (Wildman–Crippen MR) is 89.2 cm³/mol. The fraction of sp³-hybridized carbons (Fsp3) is 0.562. The number of amides is 1. The Morgan fingerprint density at radius 2 is 1.76 bits per heavy atom. The van der Waals surface area contributed by atoms with E-state index in [1.807, 2.05) is 45.9 Å². The van der Waals surface area contributed by atoms with E-state index in [-0.39, 0.29) is 30.5 Å². The van der Waals surface area contributed by atoms with Crippen LogP contribution < -0.4 is 15.8 Å². The third kappa shape index (κ3) is 5.94. The third-order valence-corrected chi connectivity index (χ3v) is 3.80. The van der Waals surface area contributed by atoms with Crippen molar-refractivity contribution in [3.8, 4) is 5.75 Å². The van der Waals surface area contributed by atoms with Crippen molar-refractivity contribution >= 4 is 18.3 Å². The maximum atomic E-state index is 11.8. The van der Waals surface area contributed by atoms with Crippen LogP contribution in [0.2, 0.25) is 0 Å². The molecule has 21 heavy (non-hydrogen) atoms. The van der Waals surface area contributed by atoms with Gasteiger partial charge < -0.3 is 15.8 Å². The molecule has 3 N–H and O–H groups in total. The zero-order chi connectivity index (χ0) is 15.2. The molecule has 0 unspecified atom stereocenters. The van der Waals surface area contributed by atoms with Gasteiger partial charge in [0.05, 0.1) is 0 Å². The summed E-state index contributed by atoms with van der Waals surface area (Å²) in [6, 6.07) is 5.92. The zero-order valence-electron chi connectivity index (χ0n) is 13.4. The van der Waals surface area contributed by atoms with E-state index in [0.717, 1.165) is 29.7 Å². The number of nitrogens with one attached hydrogen (secondary N) is 1. The molecule has 1 aromatic carbocycles. The number of aryl methyl sites for hydroxylation is 2. The lowest BCUT2D eigenvalue weighted by atomic mass is 9.94. The van der Waals surface area contributed by atoms with Gasteiger partial charge in [-0.15, -0.1) is 12.4 Å². The summed E-state index contributed by atoms with van der Waals surface area (Å²) < 4.78 is 5.61. The number of benzene rings is 1. The molecular formula is C16H27ClN2O2. The van der Waals surface area contributed by atoms with E-state index in [0.29, 0.717) is 6.54 Å². The number of hydrogen-bond donors (Lipinski definition) is 2. The number of rotatable bonds is 7. The molecule has 0 aliphatic heterocycles. The van der Waals surface area contributed by atoms with E-state index < -0.39 is 0 Å². The fourth-order valence-corrected chi connectivity index (χ4v) is 1.99. The second kappa shape index (κ2) is 8.90. The van der Waals surface area contributed by atoms with Crippen molar-refractivity contribution in [2.45, 2.75) is 46.1 Å². The number of carbonyl (C=O) groups excluding carboxylic acids is 1. The van der Waals surface area contributed by atoms with Crippen LogP contribution in [0.1, 0.15) is 37.8 Å². The molecule has 5 heteroatoms. The summed E-state index contributed by atoms with van der Waals surface area (Å²) in [5.41, 5.74) is 7.89. The molecule has 0 aromatic heterocycles. The monoisotopic (exact) mass is 314 g/mol. The number of nitrogens with two attached hydrogens (primary N) is 1. The van der Waals surface area contributed by atoms with Gasteiger partial charge in [-0.3, -0.25) is 4.79 Å². The average Bonchev–Trinajstić information content (AvgIpc) is 2.44. The summed E-state index contributed by atoms with van der Waals surface area (Å²) in [5, 5.41) is 2.85. The van der Waals surface area contributed by atoms with Crippen molar-refractivity contribution in [1.82, 2.24) is 5.32 Å².